The molecule has 0 amide bonds. The van der Waals surface area contributed by atoms with Gasteiger partial charge in [0.15, 0.2) is 5.78 Å². The van der Waals surface area contributed by atoms with Gasteiger partial charge in [0, 0.05) is 19.2 Å². The second-order valence-electron chi connectivity index (χ2n) is 5.38. The maximum absolute atomic E-state index is 11.2. The lowest BCUT2D eigenvalue weighted by Crippen LogP contribution is -2.02. The second kappa shape index (κ2) is 5.48. The summed E-state index contributed by atoms with van der Waals surface area (Å²) in [5.74, 6) is 0.156. The summed E-state index contributed by atoms with van der Waals surface area (Å²) in [4.78, 5) is 15.3. The van der Waals surface area contributed by atoms with Crippen LogP contribution in [-0.4, -0.2) is 20.5 Å². The van der Waals surface area contributed by atoms with E-state index in [0.29, 0.717) is 11.7 Å². The lowest BCUT2D eigenvalue weighted by molar-refractivity contribution is 0.101. The molecule has 6 heteroatoms. The third-order valence-corrected chi connectivity index (χ3v) is 2.94. The van der Waals surface area contributed by atoms with Gasteiger partial charge in [-0.1, -0.05) is 13.8 Å². The summed E-state index contributed by atoms with van der Waals surface area (Å²) >= 11 is 0. The van der Waals surface area contributed by atoms with E-state index in [1.807, 2.05) is 10.9 Å². The van der Waals surface area contributed by atoms with E-state index in [4.69, 9.17) is 4.42 Å². The zero-order chi connectivity index (χ0) is 14.9. The van der Waals surface area contributed by atoms with Crippen molar-refractivity contribution in [3.8, 4) is 0 Å². The first kappa shape index (κ1) is 14.3. The Balaban J connectivity index is 2.29. The highest BCUT2D eigenvalue weighted by Crippen LogP contribution is 2.27. The van der Waals surface area contributed by atoms with Crippen molar-refractivity contribution in [2.45, 2.75) is 46.6 Å². The van der Waals surface area contributed by atoms with Crippen LogP contribution in [0.25, 0.3) is 0 Å². The molecule has 0 fully saturated rings. The standard InChI is InChI=1S/C14H20N4O2/c1-8(2)13-11(6-18(17-13)9(3)4)15-14-16-12(7-20-14)10(5)19/h6-9H,1-5H3,(H,15,16). The molecule has 2 heterocycles. The van der Waals surface area contributed by atoms with Gasteiger partial charge in [-0.2, -0.15) is 10.1 Å². The Kier molecular flexibility index (Phi) is 3.92. The molecule has 1 N–H and O–H groups in total. The van der Waals surface area contributed by atoms with Gasteiger partial charge in [0.2, 0.25) is 0 Å². The molecule has 2 rings (SSSR count). The summed E-state index contributed by atoms with van der Waals surface area (Å²) in [6, 6.07) is 0.584. The number of nitrogens with one attached hydrogen (secondary N) is 1. The smallest absolute Gasteiger partial charge is 0.299 e. The minimum atomic E-state index is -0.122. The van der Waals surface area contributed by atoms with Gasteiger partial charge in [0.1, 0.15) is 12.0 Å². The van der Waals surface area contributed by atoms with Crippen molar-refractivity contribution in [3.63, 3.8) is 0 Å². The lowest BCUT2D eigenvalue weighted by atomic mass is 10.1. The maximum Gasteiger partial charge on any atom is 0.299 e. The Morgan fingerprint density at radius 2 is 2.05 bits per heavy atom. The Morgan fingerprint density at radius 3 is 2.55 bits per heavy atom. The van der Waals surface area contributed by atoms with Gasteiger partial charge < -0.3 is 9.73 Å². The molecule has 20 heavy (non-hydrogen) atoms. The van der Waals surface area contributed by atoms with Gasteiger partial charge >= 0.3 is 0 Å². The van der Waals surface area contributed by atoms with Gasteiger partial charge in [0.05, 0.1) is 11.4 Å². The molecule has 0 aliphatic carbocycles. The van der Waals surface area contributed by atoms with E-state index in [0.717, 1.165) is 11.4 Å². The third kappa shape index (κ3) is 2.89. The number of hydrogen-bond donors (Lipinski definition) is 1. The van der Waals surface area contributed by atoms with Crippen LogP contribution in [0.4, 0.5) is 11.7 Å². The quantitative estimate of drug-likeness (QED) is 0.846. The summed E-state index contributed by atoms with van der Waals surface area (Å²) in [5, 5.41) is 7.66. The number of Topliss-reactive ketones (excluding diaryl/α,β-unsaturated/α-hetero) is 1. The molecule has 0 radical (unpaired) electrons. The van der Waals surface area contributed by atoms with E-state index in [1.165, 1.54) is 13.2 Å². The molecule has 0 aliphatic rings. The predicted octanol–water partition coefficient (Wildman–Crippen LogP) is 3.52. The van der Waals surface area contributed by atoms with Crippen molar-refractivity contribution in [3.05, 3.63) is 23.8 Å². The molecular weight excluding hydrogens is 256 g/mol. The Labute approximate surface area is 118 Å². The Hall–Kier alpha value is -2.11. The summed E-state index contributed by atoms with van der Waals surface area (Å²) in [6.45, 7) is 9.75. The van der Waals surface area contributed by atoms with Crippen LogP contribution in [0, 0.1) is 0 Å². The zero-order valence-corrected chi connectivity index (χ0v) is 12.5. The first-order chi connectivity index (χ1) is 9.38. The number of anilines is 2. The van der Waals surface area contributed by atoms with E-state index >= 15 is 0 Å². The summed E-state index contributed by atoms with van der Waals surface area (Å²) in [7, 11) is 0. The van der Waals surface area contributed by atoms with Crippen LogP contribution in [0.5, 0.6) is 0 Å². The minimum absolute atomic E-state index is 0.122. The molecule has 0 spiro atoms. The number of ketones is 1. The largest absolute Gasteiger partial charge is 0.431 e. The average Bonchev–Trinajstić information content (AvgIpc) is 2.96. The van der Waals surface area contributed by atoms with E-state index in [1.54, 1.807) is 0 Å². The number of hydrogen-bond acceptors (Lipinski definition) is 5. The first-order valence-electron chi connectivity index (χ1n) is 6.71. The summed E-state index contributed by atoms with van der Waals surface area (Å²) < 4.78 is 7.15. The summed E-state index contributed by atoms with van der Waals surface area (Å²) in [6.07, 6.45) is 3.28. The molecule has 2 aromatic heterocycles. The fourth-order valence-corrected chi connectivity index (χ4v) is 1.80. The highest BCUT2D eigenvalue weighted by molar-refractivity contribution is 5.92. The number of carbonyl (C=O) groups excluding carboxylic acids is 1. The number of rotatable bonds is 5. The lowest BCUT2D eigenvalue weighted by Gasteiger charge is -2.05. The van der Waals surface area contributed by atoms with Crippen LogP contribution in [0.15, 0.2) is 16.9 Å². The first-order valence-corrected chi connectivity index (χ1v) is 6.71. The topological polar surface area (TPSA) is 73.0 Å². The Bertz CT molecular complexity index is 610. The molecule has 0 aromatic carbocycles. The van der Waals surface area contributed by atoms with Gasteiger partial charge in [-0.05, 0) is 19.8 Å². The van der Waals surface area contributed by atoms with Crippen LogP contribution < -0.4 is 5.32 Å². The van der Waals surface area contributed by atoms with Crippen LogP contribution in [0.1, 0.15) is 62.8 Å². The monoisotopic (exact) mass is 276 g/mol. The number of carbonyl (C=O) groups is 1. The minimum Gasteiger partial charge on any atom is -0.431 e. The van der Waals surface area contributed by atoms with Gasteiger partial charge in [-0.25, -0.2) is 0 Å². The highest BCUT2D eigenvalue weighted by atomic mass is 16.4. The predicted molar refractivity (Wildman–Crippen MR) is 76.5 cm³/mol. The van der Waals surface area contributed by atoms with Crippen LogP contribution in [0.3, 0.4) is 0 Å². The number of aromatic nitrogens is 3. The Morgan fingerprint density at radius 1 is 1.35 bits per heavy atom. The van der Waals surface area contributed by atoms with Crippen LogP contribution >= 0.6 is 0 Å². The molecule has 0 atom stereocenters. The molecule has 0 saturated heterocycles. The van der Waals surface area contributed by atoms with Gasteiger partial charge in [-0.15, -0.1) is 0 Å². The zero-order valence-electron chi connectivity index (χ0n) is 12.5. The molecule has 0 bridgehead atoms. The number of oxazole rings is 1. The van der Waals surface area contributed by atoms with Crippen LogP contribution in [0.2, 0.25) is 0 Å². The van der Waals surface area contributed by atoms with Crippen molar-refractivity contribution in [2.75, 3.05) is 5.32 Å². The van der Waals surface area contributed by atoms with Gasteiger partial charge in [0.25, 0.3) is 6.01 Å². The van der Waals surface area contributed by atoms with Crippen molar-refractivity contribution < 1.29 is 9.21 Å². The number of nitrogens with zero attached hydrogens (tertiary/aromatic N) is 3. The fourth-order valence-electron chi connectivity index (χ4n) is 1.80. The van der Waals surface area contributed by atoms with Gasteiger partial charge in [-0.3, -0.25) is 9.48 Å². The molecule has 0 saturated carbocycles. The van der Waals surface area contributed by atoms with Crippen molar-refractivity contribution >= 4 is 17.5 Å². The summed E-state index contributed by atoms with van der Waals surface area (Å²) in [5.41, 5.74) is 2.11. The van der Waals surface area contributed by atoms with E-state index in [2.05, 4.69) is 43.1 Å². The molecule has 0 aliphatic heterocycles. The SMILES string of the molecule is CC(=O)c1coc(Nc2cn(C(C)C)nc2C(C)C)n1. The van der Waals surface area contributed by atoms with E-state index < -0.39 is 0 Å². The highest BCUT2D eigenvalue weighted by Gasteiger charge is 2.16. The molecule has 0 unspecified atom stereocenters. The van der Waals surface area contributed by atoms with Crippen molar-refractivity contribution in [2.24, 2.45) is 0 Å². The average molecular weight is 276 g/mol. The van der Waals surface area contributed by atoms with Crippen LogP contribution in [-0.2, 0) is 0 Å². The maximum atomic E-state index is 11.2. The van der Waals surface area contributed by atoms with Crippen molar-refractivity contribution in [1.82, 2.24) is 14.8 Å². The fraction of sp³-hybridized carbons (Fsp3) is 0.500. The van der Waals surface area contributed by atoms with Crippen molar-refractivity contribution in [1.29, 1.82) is 0 Å². The molecule has 108 valence electrons. The molecule has 6 nitrogen and oxygen atoms in total. The molecular formula is C14H20N4O2. The normalized spacial score (nSPS) is 11.3. The second-order valence-corrected chi connectivity index (χ2v) is 5.38. The van der Waals surface area contributed by atoms with E-state index in [-0.39, 0.29) is 17.7 Å². The van der Waals surface area contributed by atoms with E-state index in [9.17, 15) is 4.79 Å². The third-order valence-electron chi connectivity index (χ3n) is 2.94. The molecule has 2 aromatic rings.